The van der Waals surface area contributed by atoms with E-state index in [2.05, 4.69) is 0 Å². The molecule has 178 valence electrons. The number of carboxylic acid groups (broad SMARTS) is 1. The van der Waals surface area contributed by atoms with Gasteiger partial charge >= 0.3 is 12.1 Å². The molecule has 0 radical (unpaired) electrons. The topological polar surface area (TPSA) is 49.8 Å². The zero-order valence-electron chi connectivity index (χ0n) is 18.6. The molecule has 1 N–H and O–H groups in total. The molecule has 3 aromatic rings. The molecule has 2 unspecified atom stereocenters. The average molecular weight is 490 g/mol. The van der Waals surface area contributed by atoms with E-state index in [9.17, 15) is 23.1 Å². The first-order valence-electron chi connectivity index (χ1n) is 10.7. The van der Waals surface area contributed by atoms with E-state index in [0.717, 1.165) is 28.8 Å². The number of aliphatic carboxylic acids is 1. The average Bonchev–Trinajstić information content (AvgIpc) is 3.18. The number of carbonyl (C=O) groups is 1. The van der Waals surface area contributed by atoms with Crippen LogP contribution in [0.5, 0.6) is 0 Å². The number of nitrogens with zero attached hydrogens (tertiary/aromatic N) is 1. The van der Waals surface area contributed by atoms with Crippen LogP contribution in [0.15, 0.2) is 66.7 Å². The van der Waals surface area contributed by atoms with Gasteiger partial charge in [-0.15, -0.1) is 0 Å². The summed E-state index contributed by atoms with van der Waals surface area (Å²) in [5.74, 6) is -0.960. The molecule has 1 heterocycles. The second-order valence-electron chi connectivity index (χ2n) is 8.47. The fraction of sp³-hybridized carbons (Fsp3) is 0.269. The van der Waals surface area contributed by atoms with Gasteiger partial charge < -0.3 is 9.84 Å². The molecular weight excluding hydrogens is 467 g/mol. The smallest absolute Gasteiger partial charge is 0.416 e. The van der Waals surface area contributed by atoms with Crippen molar-refractivity contribution in [1.29, 1.82) is 0 Å². The second kappa shape index (κ2) is 9.06. The van der Waals surface area contributed by atoms with Crippen molar-refractivity contribution in [2.24, 2.45) is 0 Å². The molecule has 0 aliphatic carbocycles. The highest BCUT2D eigenvalue weighted by Gasteiger charge is 2.48. The van der Waals surface area contributed by atoms with Crippen LogP contribution in [0.3, 0.4) is 0 Å². The molecule has 0 amide bonds. The number of carboxylic acids is 1. The molecule has 0 fully saturated rings. The summed E-state index contributed by atoms with van der Waals surface area (Å²) in [6.07, 6.45) is -4.43. The van der Waals surface area contributed by atoms with Crippen molar-refractivity contribution >= 4 is 17.6 Å². The van der Waals surface area contributed by atoms with E-state index in [0.29, 0.717) is 16.1 Å². The van der Waals surface area contributed by atoms with E-state index in [1.807, 2.05) is 31.2 Å². The number of rotatable bonds is 6. The Morgan fingerprint density at radius 2 is 1.79 bits per heavy atom. The highest BCUT2D eigenvalue weighted by Crippen LogP contribution is 2.47. The van der Waals surface area contributed by atoms with Crippen molar-refractivity contribution in [3.63, 3.8) is 0 Å². The van der Waals surface area contributed by atoms with Gasteiger partial charge in [0.05, 0.1) is 18.7 Å². The predicted octanol–water partition coefficient (Wildman–Crippen LogP) is 6.20. The summed E-state index contributed by atoms with van der Waals surface area (Å²) < 4.78 is 46.0. The fourth-order valence-electron chi connectivity index (χ4n) is 4.58. The van der Waals surface area contributed by atoms with Crippen LogP contribution in [0.1, 0.15) is 29.2 Å². The van der Waals surface area contributed by atoms with Crippen LogP contribution in [0.25, 0.3) is 11.1 Å². The molecule has 34 heavy (non-hydrogen) atoms. The zero-order valence-corrected chi connectivity index (χ0v) is 19.3. The molecule has 0 aromatic heterocycles. The maximum absolute atomic E-state index is 13.2. The van der Waals surface area contributed by atoms with Crippen molar-refractivity contribution in [2.75, 3.05) is 13.6 Å². The Morgan fingerprint density at radius 1 is 1.12 bits per heavy atom. The van der Waals surface area contributed by atoms with E-state index in [1.165, 1.54) is 6.07 Å². The van der Waals surface area contributed by atoms with Gasteiger partial charge in [-0.2, -0.15) is 13.2 Å². The lowest BCUT2D eigenvalue weighted by Gasteiger charge is -2.40. The number of ether oxygens (including phenoxy) is 1. The zero-order chi connectivity index (χ0) is 24.7. The standard InChI is InChI=1S/C26H23ClF3NO3/c1-16(31(2)14-24(32)33)25(20-7-9-22(27)10-8-20)23-11-6-18(12-19(23)15-34-25)17-4-3-5-21(13-17)26(28,29)30/h3-13,16H,14-15H2,1-2H3,(H,32,33). The van der Waals surface area contributed by atoms with Crippen LogP contribution in [-0.4, -0.2) is 35.6 Å². The van der Waals surface area contributed by atoms with Crippen LogP contribution in [0, 0.1) is 0 Å². The summed E-state index contributed by atoms with van der Waals surface area (Å²) in [4.78, 5) is 13.1. The normalized spacial score (nSPS) is 18.7. The fourth-order valence-corrected chi connectivity index (χ4v) is 4.71. The van der Waals surface area contributed by atoms with Crippen molar-refractivity contribution < 1.29 is 27.8 Å². The van der Waals surface area contributed by atoms with Gasteiger partial charge in [-0.25, -0.2) is 0 Å². The molecule has 4 rings (SSSR count). The number of fused-ring (bicyclic) bond motifs is 1. The summed E-state index contributed by atoms with van der Waals surface area (Å²) in [5.41, 5.74) is 1.91. The summed E-state index contributed by atoms with van der Waals surface area (Å²) in [6.45, 7) is 1.95. The SMILES string of the molecule is CC(N(C)CC(=O)O)C1(c2ccc(Cl)cc2)OCc2cc(-c3cccc(C(F)(F)F)c3)ccc21. The maximum Gasteiger partial charge on any atom is 0.416 e. The third-order valence-electron chi connectivity index (χ3n) is 6.39. The summed E-state index contributed by atoms with van der Waals surface area (Å²) in [5, 5.41) is 9.88. The minimum absolute atomic E-state index is 0.183. The Hall–Kier alpha value is -2.87. The highest BCUT2D eigenvalue weighted by atomic mass is 35.5. The molecule has 1 aliphatic heterocycles. The number of hydrogen-bond donors (Lipinski definition) is 1. The third-order valence-corrected chi connectivity index (χ3v) is 6.64. The number of likely N-dealkylation sites (N-methyl/N-ethyl adjacent to an activating group) is 1. The van der Waals surface area contributed by atoms with E-state index in [-0.39, 0.29) is 19.2 Å². The molecule has 3 aromatic carbocycles. The quantitative estimate of drug-likeness (QED) is 0.447. The minimum atomic E-state index is -4.43. The molecule has 0 saturated carbocycles. The third kappa shape index (κ3) is 4.43. The van der Waals surface area contributed by atoms with Gasteiger partial charge in [-0.3, -0.25) is 9.69 Å². The van der Waals surface area contributed by atoms with Crippen molar-refractivity contribution in [3.05, 3.63) is 94.0 Å². The van der Waals surface area contributed by atoms with Gasteiger partial charge in [0.15, 0.2) is 0 Å². The van der Waals surface area contributed by atoms with Crippen LogP contribution in [0.4, 0.5) is 13.2 Å². The first-order chi connectivity index (χ1) is 16.0. The van der Waals surface area contributed by atoms with E-state index >= 15 is 0 Å². The summed E-state index contributed by atoms with van der Waals surface area (Å²) >= 11 is 6.10. The molecule has 8 heteroatoms. The Balaban J connectivity index is 1.81. The lowest BCUT2D eigenvalue weighted by molar-refractivity contribution is -0.140. The van der Waals surface area contributed by atoms with Gasteiger partial charge in [0.1, 0.15) is 5.60 Å². The largest absolute Gasteiger partial charge is 0.480 e. The van der Waals surface area contributed by atoms with E-state index in [4.69, 9.17) is 16.3 Å². The van der Waals surface area contributed by atoms with Crippen LogP contribution in [0.2, 0.25) is 5.02 Å². The van der Waals surface area contributed by atoms with Crippen LogP contribution >= 0.6 is 11.6 Å². The van der Waals surface area contributed by atoms with Gasteiger partial charge in [0, 0.05) is 11.1 Å². The lowest BCUT2D eigenvalue weighted by atomic mass is 9.79. The number of hydrogen-bond acceptors (Lipinski definition) is 3. The first-order valence-corrected chi connectivity index (χ1v) is 11.0. The van der Waals surface area contributed by atoms with Gasteiger partial charge in [-0.05, 0) is 72.1 Å². The molecule has 1 aliphatic rings. The Kier molecular flexibility index (Phi) is 6.46. The number of benzene rings is 3. The first kappa shape index (κ1) is 24.3. The van der Waals surface area contributed by atoms with Crippen LogP contribution in [-0.2, 0) is 27.9 Å². The van der Waals surface area contributed by atoms with Crippen molar-refractivity contribution in [2.45, 2.75) is 31.3 Å². The van der Waals surface area contributed by atoms with Crippen molar-refractivity contribution in [1.82, 2.24) is 4.90 Å². The molecule has 2 atom stereocenters. The Bertz CT molecular complexity index is 1210. The van der Waals surface area contributed by atoms with Gasteiger partial charge in [0.25, 0.3) is 0 Å². The molecular formula is C26H23ClF3NO3. The van der Waals surface area contributed by atoms with E-state index < -0.39 is 23.3 Å². The molecule has 4 nitrogen and oxygen atoms in total. The Morgan fingerprint density at radius 3 is 2.44 bits per heavy atom. The molecule has 0 bridgehead atoms. The summed E-state index contributed by atoms with van der Waals surface area (Å²) in [6, 6.07) is 17.5. The maximum atomic E-state index is 13.2. The lowest BCUT2D eigenvalue weighted by Crippen LogP contribution is -2.49. The summed E-state index contributed by atoms with van der Waals surface area (Å²) in [7, 11) is 1.72. The molecule has 0 spiro atoms. The minimum Gasteiger partial charge on any atom is -0.480 e. The highest BCUT2D eigenvalue weighted by molar-refractivity contribution is 6.30. The van der Waals surface area contributed by atoms with Gasteiger partial charge in [0.2, 0.25) is 0 Å². The number of alkyl halides is 3. The monoisotopic (exact) mass is 489 g/mol. The number of halogens is 4. The van der Waals surface area contributed by atoms with Gasteiger partial charge in [-0.1, -0.05) is 48.0 Å². The van der Waals surface area contributed by atoms with Crippen LogP contribution < -0.4 is 0 Å². The molecule has 0 saturated heterocycles. The van der Waals surface area contributed by atoms with E-state index in [1.54, 1.807) is 36.2 Å². The Labute approximate surface area is 200 Å². The second-order valence-corrected chi connectivity index (χ2v) is 8.90. The van der Waals surface area contributed by atoms with Crippen molar-refractivity contribution in [3.8, 4) is 11.1 Å². The predicted molar refractivity (Wildman–Crippen MR) is 124 cm³/mol.